The number of carbonyl (C=O) groups excluding carboxylic acids is 1. The second-order valence-electron chi connectivity index (χ2n) is 7.55. The Morgan fingerprint density at radius 3 is 2.30 bits per heavy atom. The third-order valence-electron chi connectivity index (χ3n) is 5.40. The number of anilines is 1. The standard InChI is InChI=1S/C22H27F3N4O/c1-3-17-4-6-18(7-5-17)16(2)27-21(30)15-28-10-12-29(13-11-28)20-9-8-19(14-26-20)22(23,24)25/h4-9,14,16H,3,10-13,15H2,1-2H3,(H,27,30)/t16-/m1/s1. The third-order valence-corrected chi connectivity index (χ3v) is 5.40. The van der Waals surface area contributed by atoms with Crippen molar-refractivity contribution in [3.8, 4) is 0 Å². The van der Waals surface area contributed by atoms with Gasteiger partial charge < -0.3 is 10.2 Å². The van der Waals surface area contributed by atoms with Crippen LogP contribution in [0.2, 0.25) is 0 Å². The van der Waals surface area contributed by atoms with Crippen LogP contribution < -0.4 is 10.2 Å². The summed E-state index contributed by atoms with van der Waals surface area (Å²) in [4.78, 5) is 20.3. The van der Waals surface area contributed by atoms with Gasteiger partial charge in [-0.2, -0.15) is 13.2 Å². The van der Waals surface area contributed by atoms with Gasteiger partial charge in [0, 0.05) is 32.4 Å². The average Bonchev–Trinajstić information content (AvgIpc) is 2.73. The fourth-order valence-corrected chi connectivity index (χ4v) is 3.49. The first-order chi connectivity index (χ1) is 14.3. The minimum atomic E-state index is -4.38. The number of rotatable bonds is 6. The Balaban J connectivity index is 1.46. The predicted molar refractivity (Wildman–Crippen MR) is 110 cm³/mol. The van der Waals surface area contributed by atoms with Gasteiger partial charge in [0.05, 0.1) is 18.2 Å². The monoisotopic (exact) mass is 420 g/mol. The van der Waals surface area contributed by atoms with Crippen molar-refractivity contribution in [3.05, 3.63) is 59.3 Å². The topological polar surface area (TPSA) is 48.5 Å². The molecule has 2 heterocycles. The van der Waals surface area contributed by atoms with Gasteiger partial charge in [-0.3, -0.25) is 9.69 Å². The number of hydrogen-bond acceptors (Lipinski definition) is 4. The van der Waals surface area contributed by atoms with Crippen LogP contribution in [0.3, 0.4) is 0 Å². The summed E-state index contributed by atoms with van der Waals surface area (Å²) in [6.45, 7) is 6.89. The number of amides is 1. The number of halogens is 3. The average molecular weight is 420 g/mol. The van der Waals surface area contributed by atoms with Crippen LogP contribution in [0.1, 0.15) is 36.6 Å². The molecular weight excluding hydrogens is 393 g/mol. The van der Waals surface area contributed by atoms with E-state index in [1.54, 1.807) is 0 Å². The molecule has 1 atom stereocenters. The van der Waals surface area contributed by atoms with E-state index in [9.17, 15) is 18.0 Å². The van der Waals surface area contributed by atoms with Crippen LogP contribution in [0.5, 0.6) is 0 Å². The Hall–Kier alpha value is -2.61. The number of carbonyl (C=O) groups is 1. The van der Waals surface area contributed by atoms with Gasteiger partial charge in [0.15, 0.2) is 0 Å². The van der Waals surface area contributed by atoms with Crippen molar-refractivity contribution in [2.45, 2.75) is 32.5 Å². The van der Waals surface area contributed by atoms with E-state index in [-0.39, 0.29) is 11.9 Å². The van der Waals surface area contributed by atoms with Crippen molar-refractivity contribution in [1.29, 1.82) is 0 Å². The molecular formula is C22H27F3N4O. The minimum Gasteiger partial charge on any atom is -0.354 e. The first kappa shape index (κ1) is 22.1. The van der Waals surface area contributed by atoms with Crippen LogP contribution >= 0.6 is 0 Å². The second kappa shape index (κ2) is 9.47. The molecule has 0 saturated carbocycles. The van der Waals surface area contributed by atoms with Crippen LogP contribution in [0.4, 0.5) is 19.0 Å². The molecule has 30 heavy (non-hydrogen) atoms. The minimum absolute atomic E-state index is 0.0387. The number of alkyl halides is 3. The van der Waals surface area contributed by atoms with Crippen molar-refractivity contribution in [2.24, 2.45) is 0 Å². The molecule has 1 N–H and O–H groups in total. The van der Waals surface area contributed by atoms with Gasteiger partial charge >= 0.3 is 6.18 Å². The van der Waals surface area contributed by atoms with E-state index in [2.05, 4.69) is 29.4 Å². The van der Waals surface area contributed by atoms with Crippen molar-refractivity contribution < 1.29 is 18.0 Å². The first-order valence-electron chi connectivity index (χ1n) is 10.1. The summed E-state index contributed by atoms with van der Waals surface area (Å²) in [5.41, 5.74) is 1.58. The summed E-state index contributed by atoms with van der Waals surface area (Å²) >= 11 is 0. The first-order valence-corrected chi connectivity index (χ1v) is 10.1. The lowest BCUT2D eigenvalue weighted by Crippen LogP contribution is -2.49. The van der Waals surface area contributed by atoms with E-state index in [4.69, 9.17) is 0 Å². The molecule has 0 bridgehead atoms. The van der Waals surface area contributed by atoms with E-state index < -0.39 is 11.7 Å². The number of benzene rings is 1. The van der Waals surface area contributed by atoms with E-state index in [0.29, 0.717) is 38.5 Å². The lowest BCUT2D eigenvalue weighted by Gasteiger charge is -2.35. The zero-order valence-corrected chi connectivity index (χ0v) is 17.2. The zero-order valence-electron chi connectivity index (χ0n) is 17.2. The molecule has 1 aromatic carbocycles. The molecule has 1 saturated heterocycles. The number of piperazine rings is 1. The summed E-state index contributed by atoms with van der Waals surface area (Å²) < 4.78 is 38.0. The largest absolute Gasteiger partial charge is 0.417 e. The van der Waals surface area contributed by atoms with Gasteiger partial charge in [0.2, 0.25) is 5.91 Å². The quantitative estimate of drug-likeness (QED) is 0.775. The van der Waals surface area contributed by atoms with Gasteiger partial charge in [-0.05, 0) is 36.6 Å². The number of nitrogens with one attached hydrogen (secondary N) is 1. The van der Waals surface area contributed by atoms with E-state index in [0.717, 1.165) is 24.2 Å². The van der Waals surface area contributed by atoms with E-state index >= 15 is 0 Å². The number of aryl methyl sites for hydroxylation is 1. The third kappa shape index (κ3) is 5.72. The molecule has 0 spiro atoms. The normalized spacial score (nSPS) is 16.4. The highest BCUT2D eigenvalue weighted by molar-refractivity contribution is 5.78. The molecule has 0 radical (unpaired) electrons. The van der Waals surface area contributed by atoms with Gasteiger partial charge in [-0.15, -0.1) is 0 Å². The molecule has 8 heteroatoms. The number of aromatic nitrogens is 1. The second-order valence-corrected chi connectivity index (χ2v) is 7.55. The highest BCUT2D eigenvalue weighted by Crippen LogP contribution is 2.29. The molecule has 1 aliphatic rings. The summed E-state index contributed by atoms with van der Waals surface area (Å²) in [5.74, 6) is 0.486. The maximum atomic E-state index is 12.7. The maximum Gasteiger partial charge on any atom is 0.417 e. The fraction of sp³-hybridized carbons (Fsp3) is 0.455. The maximum absolute atomic E-state index is 12.7. The molecule has 0 aliphatic carbocycles. The molecule has 3 rings (SSSR count). The van der Waals surface area contributed by atoms with Crippen LogP contribution in [-0.2, 0) is 17.4 Å². The Kier molecular flexibility index (Phi) is 6.97. The van der Waals surface area contributed by atoms with Crippen LogP contribution in [-0.4, -0.2) is 48.5 Å². The van der Waals surface area contributed by atoms with Gasteiger partial charge in [0.25, 0.3) is 0 Å². The van der Waals surface area contributed by atoms with Crippen molar-refractivity contribution >= 4 is 11.7 Å². The van der Waals surface area contributed by atoms with Crippen molar-refractivity contribution in [3.63, 3.8) is 0 Å². The lowest BCUT2D eigenvalue weighted by molar-refractivity contribution is -0.137. The lowest BCUT2D eigenvalue weighted by atomic mass is 10.1. The highest BCUT2D eigenvalue weighted by atomic mass is 19.4. The molecule has 1 amide bonds. The van der Waals surface area contributed by atoms with Gasteiger partial charge in [-0.1, -0.05) is 31.2 Å². The van der Waals surface area contributed by atoms with Gasteiger partial charge in [-0.25, -0.2) is 4.98 Å². The van der Waals surface area contributed by atoms with E-state index in [1.807, 2.05) is 28.9 Å². The van der Waals surface area contributed by atoms with E-state index in [1.165, 1.54) is 11.6 Å². The molecule has 1 aromatic heterocycles. The fourth-order valence-electron chi connectivity index (χ4n) is 3.49. The molecule has 2 aromatic rings. The Morgan fingerprint density at radius 1 is 1.10 bits per heavy atom. The molecule has 162 valence electrons. The number of pyridine rings is 1. The Labute approximate surface area is 174 Å². The van der Waals surface area contributed by atoms with Crippen molar-refractivity contribution in [2.75, 3.05) is 37.6 Å². The summed E-state index contributed by atoms with van der Waals surface area (Å²) in [7, 11) is 0. The van der Waals surface area contributed by atoms with Crippen LogP contribution in [0, 0.1) is 0 Å². The van der Waals surface area contributed by atoms with Crippen molar-refractivity contribution in [1.82, 2.24) is 15.2 Å². The van der Waals surface area contributed by atoms with Crippen LogP contribution in [0.25, 0.3) is 0 Å². The SMILES string of the molecule is CCc1ccc([C@@H](C)NC(=O)CN2CCN(c3ccc(C(F)(F)F)cn3)CC2)cc1. The smallest absolute Gasteiger partial charge is 0.354 e. The number of nitrogens with zero attached hydrogens (tertiary/aromatic N) is 3. The van der Waals surface area contributed by atoms with Crippen LogP contribution in [0.15, 0.2) is 42.6 Å². The Bertz CT molecular complexity index is 829. The zero-order chi connectivity index (χ0) is 21.7. The number of hydrogen-bond donors (Lipinski definition) is 1. The Morgan fingerprint density at radius 2 is 1.77 bits per heavy atom. The summed E-state index contributed by atoms with van der Waals surface area (Å²) in [6, 6.07) is 10.6. The molecule has 5 nitrogen and oxygen atoms in total. The predicted octanol–water partition coefficient (Wildman–Crippen LogP) is 3.66. The molecule has 0 unspecified atom stereocenters. The molecule has 1 aliphatic heterocycles. The molecule has 1 fully saturated rings. The summed E-state index contributed by atoms with van der Waals surface area (Å²) in [6.07, 6.45) is -2.54. The highest BCUT2D eigenvalue weighted by Gasteiger charge is 2.31. The summed E-state index contributed by atoms with van der Waals surface area (Å²) in [5, 5.41) is 3.03. The van der Waals surface area contributed by atoms with Gasteiger partial charge in [0.1, 0.15) is 5.82 Å².